The first-order valence-electron chi connectivity index (χ1n) is 6.05. The summed E-state index contributed by atoms with van der Waals surface area (Å²) in [4.78, 5) is 11.3. The maximum absolute atomic E-state index is 11.3. The van der Waals surface area contributed by atoms with E-state index in [2.05, 4.69) is 20.3 Å². The summed E-state index contributed by atoms with van der Waals surface area (Å²) in [7, 11) is 1.38. The lowest BCUT2D eigenvalue weighted by Crippen LogP contribution is -2.14. The third kappa shape index (κ3) is 4.21. The van der Waals surface area contributed by atoms with Crippen LogP contribution >= 0.6 is 23.1 Å². The van der Waals surface area contributed by atoms with E-state index >= 15 is 0 Å². The van der Waals surface area contributed by atoms with Crippen molar-refractivity contribution in [2.45, 2.75) is 23.1 Å². The van der Waals surface area contributed by atoms with Crippen LogP contribution in [0.1, 0.15) is 12.5 Å². The number of esters is 1. The molecule has 0 aliphatic heterocycles. The van der Waals surface area contributed by atoms with Gasteiger partial charge in [-0.15, -0.1) is 10.2 Å². The molecule has 0 bridgehead atoms. The van der Waals surface area contributed by atoms with Crippen LogP contribution in [0.15, 0.2) is 34.7 Å². The molecule has 1 aromatic heterocycles. The van der Waals surface area contributed by atoms with Crippen LogP contribution in [-0.4, -0.2) is 28.5 Å². The first-order chi connectivity index (χ1) is 9.69. The van der Waals surface area contributed by atoms with Crippen LogP contribution in [0.5, 0.6) is 0 Å². The molecule has 5 nitrogen and oxygen atoms in total. The number of rotatable bonds is 6. The van der Waals surface area contributed by atoms with Crippen molar-refractivity contribution in [1.29, 1.82) is 0 Å². The van der Waals surface area contributed by atoms with Gasteiger partial charge in [0.15, 0.2) is 4.34 Å². The van der Waals surface area contributed by atoms with Gasteiger partial charge >= 0.3 is 5.97 Å². The van der Waals surface area contributed by atoms with Crippen molar-refractivity contribution in [3.63, 3.8) is 0 Å². The summed E-state index contributed by atoms with van der Waals surface area (Å²) in [6.07, 6.45) is 0. The number of ether oxygens (including phenoxy) is 1. The molecule has 0 spiro atoms. The van der Waals surface area contributed by atoms with E-state index in [1.807, 2.05) is 30.3 Å². The number of aromatic nitrogens is 2. The van der Waals surface area contributed by atoms with Gasteiger partial charge in [-0.25, -0.2) is 0 Å². The highest BCUT2D eigenvalue weighted by atomic mass is 32.2. The second-order valence-corrected chi connectivity index (χ2v) is 6.56. The average molecular weight is 309 g/mol. The second kappa shape index (κ2) is 7.25. The largest absolute Gasteiger partial charge is 0.468 e. The molecule has 106 valence electrons. The van der Waals surface area contributed by atoms with Crippen LogP contribution in [0, 0.1) is 0 Å². The molecule has 7 heteroatoms. The summed E-state index contributed by atoms with van der Waals surface area (Å²) in [5, 5.41) is 11.8. The topological polar surface area (TPSA) is 64.1 Å². The number of hydrogen-bond donors (Lipinski definition) is 1. The lowest BCUT2D eigenvalue weighted by atomic mass is 10.2. The summed E-state index contributed by atoms with van der Waals surface area (Å²) in [6, 6.07) is 10.1. The molecule has 0 amide bonds. The van der Waals surface area contributed by atoms with Crippen LogP contribution in [-0.2, 0) is 16.1 Å². The summed E-state index contributed by atoms with van der Waals surface area (Å²) >= 11 is 2.78. The van der Waals surface area contributed by atoms with Gasteiger partial charge in [0.1, 0.15) is 5.25 Å². The van der Waals surface area contributed by atoms with Crippen molar-refractivity contribution < 1.29 is 9.53 Å². The fourth-order valence-electron chi connectivity index (χ4n) is 1.47. The standard InChI is InChI=1S/C13H15N3O2S2/c1-9(11(17)18-2)19-13-16-15-12(20-13)14-8-10-6-4-3-5-7-10/h3-7,9H,8H2,1-2H3,(H,14,15)/t9-/m1/s1. The number of methoxy groups -OCH3 is 1. The molecule has 1 aromatic carbocycles. The zero-order valence-electron chi connectivity index (χ0n) is 11.2. The predicted molar refractivity (Wildman–Crippen MR) is 81.0 cm³/mol. The van der Waals surface area contributed by atoms with E-state index in [4.69, 9.17) is 0 Å². The first kappa shape index (κ1) is 14.8. The van der Waals surface area contributed by atoms with Gasteiger partial charge < -0.3 is 10.1 Å². The first-order valence-corrected chi connectivity index (χ1v) is 7.74. The molecular weight excluding hydrogens is 294 g/mol. The normalized spacial score (nSPS) is 11.9. The van der Waals surface area contributed by atoms with Gasteiger partial charge in [-0.2, -0.15) is 0 Å². The summed E-state index contributed by atoms with van der Waals surface area (Å²) < 4.78 is 5.43. The Hall–Kier alpha value is -1.60. The number of hydrogen-bond acceptors (Lipinski definition) is 7. The Kier molecular flexibility index (Phi) is 5.37. The van der Waals surface area contributed by atoms with Gasteiger partial charge in [0, 0.05) is 6.54 Å². The van der Waals surface area contributed by atoms with Gasteiger partial charge in [0.2, 0.25) is 5.13 Å². The second-order valence-electron chi connectivity index (χ2n) is 4.00. The molecule has 0 aliphatic carbocycles. The fourth-order valence-corrected chi connectivity index (χ4v) is 3.39. The Morgan fingerprint density at radius 1 is 1.40 bits per heavy atom. The Bertz CT molecular complexity index is 560. The van der Waals surface area contributed by atoms with Crippen molar-refractivity contribution in [3.8, 4) is 0 Å². The van der Waals surface area contributed by atoms with Crippen LogP contribution in [0.25, 0.3) is 0 Å². The van der Waals surface area contributed by atoms with E-state index in [0.29, 0.717) is 6.54 Å². The molecule has 0 unspecified atom stereocenters. The quantitative estimate of drug-likeness (QED) is 0.654. The van der Waals surface area contributed by atoms with Crippen molar-refractivity contribution in [1.82, 2.24) is 10.2 Å². The van der Waals surface area contributed by atoms with Crippen molar-refractivity contribution in [3.05, 3.63) is 35.9 Å². The number of carbonyl (C=O) groups excluding carboxylic acids is 1. The minimum absolute atomic E-state index is 0.260. The molecule has 1 heterocycles. The molecule has 0 saturated heterocycles. The highest BCUT2D eigenvalue weighted by molar-refractivity contribution is 8.02. The van der Waals surface area contributed by atoms with Gasteiger partial charge in [0.05, 0.1) is 7.11 Å². The van der Waals surface area contributed by atoms with Gasteiger partial charge in [-0.1, -0.05) is 53.4 Å². The lowest BCUT2D eigenvalue weighted by Gasteiger charge is -2.04. The number of thioether (sulfide) groups is 1. The van der Waals surface area contributed by atoms with Crippen molar-refractivity contribution in [2.75, 3.05) is 12.4 Å². The predicted octanol–water partition coefficient (Wildman–Crippen LogP) is 2.80. The van der Waals surface area contributed by atoms with E-state index in [9.17, 15) is 4.79 Å². The third-order valence-corrected chi connectivity index (χ3v) is 4.55. The van der Waals surface area contributed by atoms with Gasteiger partial charge in [-0.3, -0.25) is 4.79 Å². The zero-order valence-corrected chi connectivity index (χ0v) is 12.8. The number of benzene rings is 1. The molecule has 0 saturated carbocycles. The molecule has 0 aliphatic rings. The molecule has 0 fully saturated rings. The molecule has 20 heavy (non-hydrogen) atoms. The van der Waals surface area contributed by atoms with E-state index in [-0.39, 0.29) is 11.2 Å². The maximum atomic E-state index is 11.3. The van der Waals surface area contributed by atoms with Crippen LogP contribution < -0.4 is 5.32 Å². The zero-order chi connectivity index (χ0) is 14.4. The Labute approximate surface area is 125 Å². The SMILES string of the molecule is COC(=O)[C@@H](C)Sc1nnc(NCc2ccccc2)s1. The minimum atomic E-state index is -0.282. The summed E-state index contributed by atoms with van der Waals surface area (Å²) in [5.74, 6) is -0.260. The molecule has 1 atom stereocenters. The average Bonchev–Trinajstić information content (AvgIpc) is 2.92. The van der Waals surface area contributed by atoms with E-state index in [1.165, 1.54) is 35.8 Å². The Balaban J connectivity index is 1.87. The molecule has 2 rings (SSSR count). The highest BCUT2D eigenvalue weighted by Gasteiger charge is 2.17. The molecular formula is C13H15N3O2S2. The van der Waals surface area contributed by atoms with E-state index < -0.39 is 0 Å². The lowest BCUT2D eigenvalue weighted by molar-refractivity contribution is -0.139. The summed E-state index contributed by atoms with van der Waals surface area (Å²) in [5.41, 5.74) is 1.18. The van der Waals surface area contributed by atoms with E-state index in [0.717, 1.165) is 9.47 Å². The van der Waals surface area contributed by atoms with Crippen molar-refractivity contribution in [2.24, 2.45) is 0 Å². The van der Waals surface area contributed by atoms with E-state index in [1.54, 1.807) is 6.92 Å². The fraction of sp³-hybridized carbons (Fsp3) is 0.308. The number of anilines is 1. The summed E-state index contributed by atoms with van der Waals surface area (Å²) in [6.45, 7) is 2.49. The van der Waals surface area contributed by atoms with Crippen LogP contribution in [0.2, 0.25) is 0 Å². The van der Waals surface area contributed by atoms with Crippen molar-refractivity contribution >= 4 is 34.2 Å². The van der Waals surface area contributed by atoms with Crippen LogP contribution in [0.3, 0.4) is 0 Å². The highest BCUT2D eigenvalue weighted by Crippen LogP contribution is 2.29. The van der Waals surface area contributed by atoms with Crippen LogP contribution in [0.4, 0.5) is 5.13 Å². The third-order valence-electron chi connectivity index (χ3n) is 2.50. The smallest absolute Gasteiger partial charge is 0.318 e. The Morgan fingerprint density at radius 2 is 2.15 bits per heavy atom. The number of nitrogens with one attached hydrogen (secondary N) is 1. The van der Waals surface area contributed by atoms with Gasteiger partial charge in [-0.05, 0) is 12.5 Å². The Morgan fingerprint density at radius 3 is 2.85 bits per heavy atom. The molecule has 0 radical (unpaired) electrons. The monoisotopic (exact) mass is 309 g/mol. The maximum Gasteiger partial charge on any atom is 0.318 e. The number of nitrogens with zero attached hydrogens (tertiary/aromatic N) is 2. The molecule has 1 N–H and O–H groups in total. The van der Waals surface area contributed by atoms with Gasteiger partial charge in [0.25, 0.3) is 0 Å². The number of carbonyl (C=O) groups is 1. The molecule has 2 aromatic rings. The minimum Gasteiger partial charge on any atom is -0.468 e.